The standard InChI is InChI=1S/C21H22N.BF4/c1-3-17(2)22-15-14-20(18-10-6-4-7-11-18)16-21(22)19-12-8-5-9-13-19;2-1(3,4)5/h4-17H,3H2,1-2H3;/q+1;-1. The molecule has 0 N–H and O–H groups in total. The van der Waals surface area contributed by atoms with Crippen LogP contribution >= 0.6 is 0 Å². The number of nitrogens with zero attached hydrogens (tertiary/aromatic N) is 1. The molecule has 1 nitrogen and oxygen atoms in total. The van der Waals surface area contributed by atoms with Gasteiger partial charge < -0.3 is 17.3 Å². The Labute approximate surface area is 157 Å². The highest BCUT2D eigenvalue weighted by Crippen LogP contribution is 2.24. The first-order valence-electron chi connectivity index (χ1n) is 8.83. The molecule has 2 aromatic carbocycles. The molecule has 0 saturated heterocycles. The maximum absolute atomic E-state index is 9.75. The number of hydrogen-bond donors (Lipinski definition) is 0. The monoisotopic (exact) mass is 375 g/mol. The van der Waals surface area contributed by atoms with Gasteiger partial charge in [-0.05, 0) is 30.2 Å². The van der Waals surface area contributed by atoms with Crippen LogP contribution in [0.15, 0.2) is 79.0 Å². The van der Waals surface area contributed by atoms with Crippen LogP contribution in [-0.4, -0.2) is 7.25 Å². The molecule has 0 aliphatic heterocycles. The van der Waals surface area contributed by atoms with E-state index in [1.54, 1.807) is 0 Å². The van der Waals surface area contributed by atoms with Gasteiger partial charge in [0, 0.05) is 24.1 Å². The van der Waals surface area contributed by atoms with Gasteiger partial charge in [-0.3, -0.25) is 0 Å². The lowest BCUT2D eigenvalue weighted by molar-refractivity contribution is -0.709. The van der Waals surface area contributed by atoms with Gasteiger partial charge >= 0.3 is 7.25 Å². The molecule has 0 spiro atoms. The summed E-state index contributed by atoms with van der Waals surface area (Å²) >= 11 is 0. The van der Waals surface area contributed by atoms with Gasteiger partial charge in [0.05, 0.1) is 0 Å². The van der Waals surface area contributed by atoms with Crippen molar-refractivity contribution in [2.24, 2.45) is 0 Å². The first-order chi connectivity index (χ1) is 12.8. The number of halogens is 4. The fraction of sp³-hybridized carbons (Fsp3) is 0.190. The van der Waals surface area contributed by atoms with Gasteiger partial charge in [-0.25, -0.2) is 0 Å². The molecular formula is C21H22BF4N. The van der Waals surface area contributed by atoms with Crippen molar-refractivity contribution in [3.63, 3.8) is 0 Å². The van der Waals surface area contributed by atoms with Crippen LogP contribution in [0, 0.1) is 0 Å². The Hall–Kier alpha value is -2.63. The van der Waals surface area contributed by atoms with Crippen molar-refractivity contribution in [3.05, 3.63) is 79.0 Å². The Morgan fingerprint density at radius 3 is 1.74 bits per heavy atom. The molecule has 142 valence electrons. The maximum Gasteiger partial charge on any atom is 0.673 e. The highest BCUT2D eigenvalue weighted by Gasteiger charge is 2.20. The van der Waals surface area contributed by atoms with Crippen LogP contribution in [0.4, 0.5) is 17.3 Å². The molecule has 0 radical (unpaired) electrons. The van der Waals surface area contributed by atoms with Crippen LogP contribution in [-0.2, 0) is 0 Å². The molecule has 27 heavy (non-hydrogen) atoms. The number of aromatic nitrogens is 1. The van der Waals surface area contributed by atoms with E-state index in [-0.39, 0.29) is 0 Å². The van der Waals surface area contributed by atoms with Crippen molar-refractivity contribution in [3.8, 4) is 22.4 Å². The normalized spacial score (nSPS) is 12.1. The molecule has 1 heterocycles. The summed E-state index contributed by atoms with van der Waals surface area (Å²) in [5, 5.41) is 0. The van der Waals surface area contributed by atoms with Crippen LogP contribution in [0.3, 0.4) is 0 Å². The molecule has 0 aliphatic rings. The summed E-state index contributed by atoms with van der Waals surface area (Å²) in [5.74, 6) is 0. The van der Waals surface area contributed by atoms with Crippen LogP contribution in [0.5, 0.6) is 0 Å². The third-order valence-electron chi connectivity index (χ3n) is 4.23. The molecule has 0 bridgehead atoms. The second-order valence-corrected chi connectivity index (χ2v) is 6.19. The van der Waals surface area contributed by atoms with E-state index in [1.807, 2.05) is 0 Å². The molecular weight excluding hydrogens is 353 g/mol. The van der Waals surface area contributed by atoms with Gasteiger partial charge in [-0.2, -0.15) is 4.57 Å². The Kier molecular flexibility index (Phi) is 7.16. The third-order valence-corrected chi connectivity index (χ3v) is 4.23. The lowest BCUT2D eigenvalue weighted by atomic mass is 10.0. The first kappa shape index (κ1) is 20.7. The molecule has 3 aromatic rings. The zero-order chi connectivity index (χ0) is 19.9. The number of pyridine rings is 1. The second-order valence-electron chi connectivity index (χ2n) is 6.19. The molecule has 1 aromatic heterocycles. The van der Waals surface area contributed by atoms with Crippen LogP contribution < -0.4 is 4.57 Å². The van der Waals surface area contributed by atoms with E-state index in [0.717, 1.165) is 6.42 Å². The molecule has 0 aliphatic carbocycles. The summed E-state index contributed by atoms with van der Waals surface area (Å²) in [6.07, 6.45) is 3.34. The SMILES string of the molecule is CCC(C)[n+]1ccc(-c2ccccc2)cc1-c1ccccc1.F[B-](F)(F)F. The van der Waals surface area contributed by atoms with E-state index in [0.29, 0.717) is 6.04 Å². The first-order valence-corrected chi connectivity index (χ1v) is 8.83. The average Bonchev–Trinajstić information content (AvgIpc) is 2.67. The highest BCUT2D eigenvalue weighted by atomic mass is 19.5. The molecule has 6 heteroatoms. The topological polar surface area (TPSA) is 3.88 Å². The lowest BCUT2D eigenvalue weighted by Crippen LogP contribution is -2.39. The van der Waals surface area contributed by atoms with E-state index in [1.165, 1.54) is 22.4 Å². The van der Waals surface area contributed by atoms with Crippen molar-refractivity contribution < 1.29 is 21.8 Å². The Bertz CT molecular complexity index is 830. The van der Waals surface area contributed by atoms with Crippen molar-refractivity contribution >= 4 is 7.25 Å². The van der Waals surface area contributed by atoms with Gasteiger partial charge in [0.1, 0.15) is 0 Å². The Balaban J connectivity index is 0.000000465. The Morgan fingerprint density at radius 2 is 1.26 bits per heavy atom. The van der Waals surface area contributed by atoms with E-state index < -0.39 is 7.25 Å². The molecule has 0 amide bonds. The summed E-state index contributed by atoms with van der Waals surface area (Å²) in [6.45, 7) is 4.51. The largest absolute Gasteiger partial charge is 0.673 e. The summed E-state index contributed by atoms with van der Waals surface area (Å²) in [7, 11) is -6.00. The van der Waals surface area contributed by atoms with Gasteiger partial charge in [0.2, 0.25) is 5.69 Å². The zero-order valence-electron chi connectivity index (χ0n) is 15.3. The number of rotatable bonds is 4. The second kappa shape index (κ2) is 9.35. The van der Waals surface area contributed by atoms with Crippen molar-refractivity contribution in [2.75, 3.05) is 0 Å². The van der Waals surface area contributed by atoms with E-state index in [9.17, 15) is 17.3 Å². The fourth-order valence-corrected chi connectivity index (χ4v) is 2.74. The van der Waals surface area contributed by atoms with Crippen molar-refractivity contribution in [1.82, 2.24) is 0 Å². The smallest absolute Gasteiger partial charge is 0.418 e. The number of benzene rings is 2. The minimum atomic E-state index is -6.00. The molecule has 1 unspecified atom stereocenters. The van der Waals surface area contributed by atoms with Crippen LogP contribution in [0.25, 0.3) is 22.4 Å². The van der Waals surface area contributed by atoms with E-state index in [4.69, 9.17) is 0 Å². The quantitative estimate of drug-likeness (QED) is 0.276. The van der Waals surface area contributed by atoms with Gasteiger partial charge in [-0.1, -0.05) is 55.5 Å². The maximum atomic E-state index is 9.75. The summed E-state index contributed by atoms with van der Waals surface area (Å²) in [5.41, 5.74) is 5.06. The summed E-state index contributed by atoms with van der Waals surface area (Å²) in [6, 6.07) is 26.2. The Morgan fingerprint density at radius 1 is 0.778 bits per heavy atom. The highest BCUT2D eigenvalue weighted by molar-refractivity contribution is 6.50. The van der Waals surface area contributed by atoms with Crippen molar-refractivity contribution in [1.29, 1.82) is 0 Å². The molecule has 0 fully saturated rings. The summed E-state index contributed by atoms with van der Waals surface area (Å²) < 4.78 is 41.4. The fourth-order valence-electron chi connectivity index (χ4n) is 2.74. The predicted octanol–water partition coefficient (Wildman–Crippen LogP) is 6.58. The van der Waals surface area contributed by atoms with Crippen LogP contribution in [0.1, 0.15) is 26.3 Å². The third kappa shape index (κ3) is 6.55. The molecule has 0 saturated carbocycles. The minimum Gasteiger partial charge on any atom is -0.418 e. The lowest BCUT2D eigenvalue weighted by Gasteiger charge is -2.11. The van der Waals surface area contributed by atoms with Gasteiger partial charge in [0.15, 0.2) is 12.2 Å². The van der Waals surface area contributed by atoms with E-state index >= 15 is 0 Å². The van der Waals surface area contributed by atoms with Crippen molar-refractivity contribution in [2.45, 2.75) is 26.3 Å². The average molecular weight is 375 g/mol. The van der Waals surface area contributed by atoms with E-state index in [2.05, 4.69) is 97.4 Å². The van der Waals surface area contributed by atoms with Crippen LogP contribution in [0.2, 0.25) is 0 Å². The predicted molar refractivity (Wildman–Crippen MR) is 103 cm³/mol. The van der Waals surface area contributed by atoms with Gasteiger partial charge in [-0.15, -0.1) is 0 Å². The zero-order valence-corrected chi connectivity index (χ0v) is 15.3. The summed E-state index contributed by atoms with van der Waals surface area (Å²) in [4.78, 5) is 0. The molecule has 1 atom stereocenters. The minimum absolute atomic E-state index is 0.486. The molecule has 3 rings (SSSR count). The van der Waals surface area contributed by atoms with Gasteiger partial charge in [0.25, 0.3) is 0 Å². The number of hydrogen-bond acceptors (Lipinski definition) is 0.